The average Bonchev–Trinajstić information content (AvgIpc) is 2.36. The van der Waals surface area contributed by atoms with E-state index in [0.717, 1.165) is 11.3 Å². The van der Waals surface area contributed by atoms with E-state index < -0.39 is 5.82 Å². The van der Waals surface area contributed by atoms with E-state index in [4.69, 9.17) is 16.3 Å². The maximum Gasteiger partial charge on any atom is 0.165 e. The van der Waals surface area contributed by atoms with Crippen LogP contribution in [0.2, 0.25) is 5.15 Å². The van der Waals surface area contributed by atoms with Gasteiger partial charge in [0.1, 0.15) is 5.15 Å². The molecule has 0 atom stereocenters. The fourth-order valence-electron chi connectivity index (χ4n) is 1.52. The second-order valence-electron chi connectivity index (χ2n) is 3.90. The van der Waals surface area contributed by atoms with Crippen molar-refractivity contribution in [3.63, 3.8) is 0 Å². The first-order valence-corrected chi connectivity index (χ1v) is 5.75. The van der Waals surface area contributed by atoms with Gasteiger partial charge in [-0.2, -0.15) is 0 Å². The Morgan fingerprint density at radius 3 is 2.56 bits per heavy atom. The molecule has 2 rings (SSSR count). The average molecular weight is 267 g/mol. The van der Waals surface area contributed by atoms with E-state index in [1.54, 1.807) is 12.1 Å². The van der Waals surface area contributed by atoms with E-state index in [0.29, 0.717) is 16.5 Å². The summed E-state index contributed by atoms with van der Waals surface area (Å²) < 4.78 is 18.2. The molecule has 1 aromatic heterocycles. The van der Waals surface area contributed by atoms with Crippen molar-refractivity contribution >= 4 is 11.6 Å². The van der Waals surface area contributed by atoms with Gasteiger partial charge in [-0.05, 0) is 32.0 Å². The Morgan fingerprint density at radius 1 is 1.22 bits per heavy atom. The van der Waals surface area contributed by atoms with Crippen molar-refractivity contribution in [2.24, 2.45) is 0 Å². The van der Waals surface area contributed by atoms with E-state index in [-0.39, 0.29) is 5.75 Å². The molecule has 0 aliphatic heterocycles. The topological polar surface area (TPSA) is 35.0 Å². The third-order valence-electron chi connectivity index (χ3n) is 2.74. The summed E-state index contributed by atoms with van der Waals surface area (Å²) in [5.41, 5.74) is 2.31. The van der Waals surface area contributed by atoms with Crippen LogP contribution in [0.3, 0.4) is 0 Å². The molecular weight excluding hydrogens is 255 g/mol. The Labute approximate surface area is 110 Å². The molecule has 0 spiro atoms. The van der Waals surface area contributed by atoms with E-state index in [1.165, 1.54) is 13.2 Å². The zero-order chi connectivity index (χ0) is 13.3. The predicted molar refractivity (Wildman–Crippen MR) is 68.5 cm³/mol. The van der Waals surface area contributed by atoms with Crippen molar-refractivity contribution in [2.75, 3.05) is 7.11 Å². The van der Waals surface area contributed by atoms with Crippen LogP contribution in [0.25, 0.3) is 11.4 Å². The van der Waals surface area contributed by atoms with Gasteiger partial charge >= 0.3 is 0 Å². The summed E-state index contributed by atoms with van der Waals surface area (Å²) in [6.07, 6.45) is 0. The molecule has 0 bridgehead atoms. The predicted octanol–water partition coefficient (Wildman–Crippen LogP) is 3.56. The molecule has 1 heterocycles. The molecular formula is C13H12ClFN2O. The summed E-state index contributed by atoms with van der Waals surface area (Å²) in [7, 11) is 1.41. The number of aromatic nitrogens is 2. The number of halogens is 2. The lowest BCUT2D eigenvalue weighted by molar-refractivity contribution is 0.387. The molecule has 3 nitrogen and oxygen atoms in total. The zero-order valence-corrected chi connectivity index (χ0v) is 11.0. The lowest BCUT2D eigenvalue weighted by atomic mass is 10.2. The summed E-state index contributed by atoms with van der Waals surface area (Å²) >= 11 is 6.02. The highest BCUT2D eigenvalue weighted by Gasteiger charge is 2.10. The summed E-state index contributed by atoms with van der Waals surface area (Å²) in [5.74, 6) is 0.197. The summed E-state index contributed by atoms with van der Waals surface area (Å²) in [6.45, 7) is 3.71. The summed E-state index contributed by atoms with van der Waals surface area (Å²) in [5, 5.41) is 0.404. The van der Waals surface area contributed by atoms with Crippen LogP contribution in [0, 0.1) is 19.7 Å². The fourth-order valence-corrected chi connectivity index (χ4v) is 1.74. The highest BCUT2D eigenvalue weighted by molar-refractivity contribution is 6.30. The smallest absolute Gasteiger partial charge is 0.165 e. The molecule has 0 fully saturated rings. The van der Waals surface area contributed by atoms with Crippen LogP contribution >= 0.6 is 11.6 Å². The van der Waals surface area contributed by atoms with Gasteiger partial charge in [0.05, 0.1) is 7.11 Å². The number of aryl methyl sites for hydroxylation is 1. The second kappa shape index (κ2) is 4.90. The largest absolute Gasteiger partial charge is 0.494 e. The van der Waals surface area contributed by atoms with E-state index >= 15 is 0 Å². The molecule has 5 heteroatoms. The van der Waals surface area contributed by atoms with Gasteiger partial charge in [-0.3, -0.25) is 0 Å². The molecule has 0 radical (unpaired) electrons. The van der Waals surface area contributed by atoms with Gasteiger partial charge in [0.25, 0.3) is 0 Å². The number of rotatable bonds is 2. The Kier molecular flexibility index (Phi) is 3.48. The third-order valence-corrected chi connectivity index (χ3v) is 3.11. The number of hydrogen-bond donors (Lipinski definition) is 0. The van der Waals surface area contributed by atoms with Gasteiger partial charge < -0.3 is 4.74 Å². The van der Waals surface area contributed by atoms with Crippen molar-refractivity contribution in [3.05, 3.63) is 40.4 Å². The van der Waals surface area contributed by atoms with Crippen LogP contribution in [-0.2, 0) is 0 Å². The van der Waals surface area contributed by atoms with Crippen molar-refractivity contribution in [2.45, 2.75) is 13.8 Å². The first kappa shape index (κ1) is 12.8. The number of nitrogens with zero attached hydrogens (tertiary/aromatic N) is 2. The highest BCUT2D eigenvalue weighted by atomic mass is 35.5. The van der Waals surface area contributed by atoms with Crippen molar-refractivity contribution in [1.29, 1.82) is 0 Å². The zero-order valence-electron chi connectivity index (χ0n) is 10.3. The second-order valence-corrected chi connectivity index (χ2v) is 4.26. The first-order chi connectivity index (χ1) is 8.52. The van der Waals surface area contributed by atoms with Gasteiger partial charge in [-0.15, -0.1) is 0 Å². The Hall–Kier alpha value is -1.68. The minimum atomic E-state index is -0.420. The van der Waals surface area contributed by atoms with Crippen LogP contribution in [-0.4, -0.2) is 17.1 Å². The number of methoxy groups -OCH3 is 1. The molecule has 0 N–H and O–H groups in total. The first-order valence-electron chi connectivity index (χ1n) is 5.37. The lowest BCUT2D eigenvalue weighted by Crippen LogP contribution is -1.97. The number of ether oxygens (including phenoxy) is 1. The fraction of sp³-hybridized carbons (Fsp3) is 0.231. The van der Waals surface area contributed by atoms with Gasteiger partial charge in [0.2, 0.25) is 0 Å². The van der Waals surface area contributed by atoms with Crippen molar-refractivity contribution in [3.8, 4) is 17.1 Å². The Morgan fingerprint density at radius 2 is 1.94 bits per heavy atom. The minimum Gasteiger partial charge on any atom is -0.494 e. The summed E-state index contributed by atoms with van der Waals surface area (Å²) in [4.78, 5) is 8.52. The maximum atomic E-state index is 13.3. The van der Waals surface area contributed by atoms with E-state index in [9.17, 15) is 4.39 Å². The van der Waals surface area contributed by atoms with Gasteiger partial charge in [0.15, 0.2) is 17.4 Å². The van der Waals surface area contributed by atoms with Crippen LogP contribution in [0.15, 0.2) is 18.2 Å². The molecule has 0 saturated heterocycles. The molecule has 2 aromatic rings. The van der Waals surface area contributed by atoms with Crippen molar-refractivity contribution in [1.82, 2.24) is 9.97 Å². The minimum absolute atomic E-state index is 0.158. The lowest BCUT2D eigenvalue weighted by Gasteiger charge is -2.08. The normalized spacial score (nSPS) is 10.5. The molecule has 0 amide bonds. The van der Waals surface area contributed by atoms with Gasteiger partial charge in [-0.25, -0.2) is 14.4 Å². The summed E-state index contributed by atoms with van der Waals surface area (Å²) in [6, 6.07) is 4.47. The quantitative estimate of drug-likeness (QED) is 0.780. The van der Waals surface area contributed by atoms with E-state index in [1.807, 2.05) is 13.8 Å². The molecule has 0 unspecified atom stereocenters. The van der Waals surface area contributed by atoms with Crippen molar-refractivity contribution < 1.29 is 9.13 Å². The van der Waals surface area contributed by atoms with E-state index in [2.05, 4.69) is 9.97 Å². The molecule has 1 aromatic carbocycles. The maximum absolute atomic E-state index is 13.3. The molecule has 0 aliphatic rings. The molecule has 0 aliphatic carbocycles. The Bertz CT molecular complexity index is 579. The molecule has 18 heavy (non-hydrogen) atoms. The van der Waals surface area contributed by atoms with Gasteiger partial charge in [-0.1, -0.05) is 11.6 Å². The van der Waals surface area contributed by atoms with Crippen LogP contribution in [0.5, 0.6) is 5.75 Å². The Balaban J connectivity index is 2.55. The van der Waals surface area contributed by atoms with Crippen LogP contribution in [0.4, 0.5) is 4.39 Å². The monoisotopic (exact) mass is 266 g/mol. The number of benzene rings is 1. The molecule has 94 valence electrons. The SMILES string of the molecule is COc1cc(-c2nc(C)c(C)c(Cl)n2)ccc1F. The highest BCUT2D eigenvalue weighted by Crippen LogP contribution is 2.26. The van der Waals surface area contributed by atoms with Gasteiger partial charge in [0, 0.05) is 16.8 Å². The van der Waals surface area contributed by atoms with Crippen LogP contribution in [0.1, 0.15) is 11.3 Å². The van der Waals surface area contributed by atoms with Crippen LogP contribution < -0.4 is 4.74 Å². The third kappa shape index (κ3) is 2.29. The number of hydrogen-bond acceptors (Lipinski definition) is 3. The molecule has 0 saturated carbocycles. The standard InChI is InChI=1S/C13H12ClFN2O/c1-7-8(2)16-13(17-12(7)14)9-4-5-10(15)11(6-9)18-3/h4-6H,1-3H3.